The van der Waals surface area contributed by atoms with Crippen molar-refractivity contribution in [1.29, 1.82) is 5.26 Å². The van der Waals surface area contributed by atoms with Gasteiger partial charge in [-0.3, -0.25) is 0 Å². The maximum Gasteiger partial charge on any atom is 0.122 e. The largest absolute Gasteiger partial charge is 0.496 e. The summed E-state index contributed by atoms with van der Waals surface area (Å²) in [5, 5.41) is 8.87. The van der Waals surface area contributed by atoms with Crippen molar-refractivity contribution in [2.75, 3.05) is 12.9 Å². The Morgan fingerprint density at radius 3 is 2.76 bits per heavy atom. The van der Waals surface area contributed by atoms with E-state index in [-0.39, 0.29) is 0 Å². The normalized spacial score (nSPS) is 10.3. The topological polar surface area (TPSA) is 33.0 Å². The maximum absolute atomic E-state index is 8.87. The van der Waals surface area contributed by atoms with Gasteiger partial charge in [-0.25, -0.2) is 0 Å². The molecule has 1 aromatic rings. The van der Waals surface area contributed by atoms with E-state index in [1.165, 1.54) is 6.42 Å². The molecular formula is C14H19NOS. The molecule has 0 saturated heterocycles. The summed E-state index contributed by atoms with van der Waals surface area (Å²) >= 11 is 1.89. The van der Waals surface area contributed by atoms with Crippen LogP contribution < -0.4 is 4.74 Å². The van der Waals surface area contributed by atoms with Gasteiger partial charge in [0.1, 0.15) is 5.75 Å². The molecule has 0 radical (unpaired) electrons. The third-order valence-corrected chi connectivity index (χ3v) is 3.55. The van der Waals surface area contributed by atoms with Gasteiger partial charge in [0, 0.05) is 11.3 Å². The van der Waals surface area contributed by atoms with Crippen LogP contribution in [0.3, 0.4) is 0 Å². The zero-order valence-electron chi connectivity index (χ0n) is 10.7. The van der Waals surface area contributed by atoms with Crippen LogP contribution in [-0.2, 0) is 5.75 Å². The zero-order valence-corrected chi connectivity index (χ0v) is 11.5. The minimum atomic E-state index is 0.699. The summed E-state index contributed by atoms with van der Waals surface area (Å²) in [6.45, 7) is 4.47. The second kappa shape index (κ2) is 7.24. The van der Waals surface area contributed by atoms with Gasteiger partial charge >= 0.3 is 0 Å². The van der Waals surface area contributed by atoms with E-state index in [2.05, 4.69) is 19.9 Å². The number of hydrogen-bond acceptors (Lipinski definition) is 3. The molecule has 0 aliphatic rings. The lowest BCUT2D eigenvalue weighted by Crippen LogP contribution is -1.94. The molecule has 2 nitrogen and oxygen atoms in total. The van der Waals surface area contributed by atoms with Gasteiger partial charge in [0.15, 0.2) is 0 Å². The second-order valence-electron chi connectivity index (χ2n) is 4.37. The van der Waals surface area contributed by atoms with E-state index >= 15 is 0 Å². The maximum atomic E-state index is 8.87. The predicted molar refractivity (Wildman–Crippen MR) is 73.3 cm³/mol. The molecule has 0 unspecified atom stereocenters. The van der Waals surface area contributed by atoms with Crippen LogP contribution in [0.15, 0.2) is 18.2 Å². The van der Waals surface area contributed by atoms with Crippen LogP contribution in [0.4, 0.5) is 0 Å². The molecule has 0 aliphatic carbocycles. The summed E-state index contributed by atoms with van der Waals surface area (Å²) in [5.41, 5.74) is 1.81. The van der Waals surface area contributed by atoms with E-state index in [0.29, 0.717) is 5.56 Å². The zero-order chi connectivity index (χ0) is 12.7. The highest BCUT2D eigenvalue weighted by molar-refractivity contribution is 7.98. The molecular weight excluding hydrogens is 230 g/mol. The molecule has 1 rings (SSSR count). The molecule has 0 heterocycles. The molecule has 0 N–H and O–H groups in total. The van der Waals surface area contributed by atoms with Gasteiger partial charge in [0.05, 0.1) is 18.7 Å². The first-order chi connectivity index (χ1) is 8.17. The Morgan fingerprint density at radius 1 is 1.41 bits per heavy atom. The number of thioether (sulfide) groups is 1. The standard InChI is InChI=1S/C14H19NOS/c1-11(2)6-7-17-10-13-8-12(9-15)4-5-14(13)16-3/h4-5,8,11H,6-7,10H2,1-3H3. The first-order valence-electron chi connectivity index (χ1n) is 5.82. The molecule has 1 aromatic carbocycles. The van der Waals surface area contributed by atoms with Crippen LogP contribution in [-0.4, -0.2) is 12.9 Å². The molecule has 0 aliphatic heterocycles. The van der Waals surface area contributed by atoms with Crippen LogP contribution in [0.25, 0.3) is 0 Å². The first kappa shape index (κ1) is 13.9. The lowest BCUT2D eigenvalue weighted by atomic mass is 10.1. The van der Waals surface area contributed by atoms with Crippen LogP contribution in [0.1, 0.15) is 31.4 Å². The fraction of sp³-hybridized carbons (Fsp3) is 0.500. The Hall–Kier alpha value is -1.14. The van der Waals surface area contributed by atoms with E-state index in [1.54, 1.807) is 13.2 Å². The fourth-order valence-corrected chi connectivity index (χ4v) is 2.69. The molecule has 17 heavy (non-hydrogen) atoms. The molecule has 92 valence electrons. The molecule has 0 atom stereocenters. The molecule has 0 saturated carbocycles. The number of benzene rings is 1. The summed E-state index contributed by atoms with van der Waals surface area (Å²) in [7, 11) is 1.67. The fourth-order valence-electron chi connectivity index (χ4n) is 1.46. The van der Waals surface area contributed by atoms with E-state index in [1.807, 2.05) is 23.9 Å². The van der Waals surface area contributed by atoms with Crippen molar-refractivity contribution in [3.05, 3.63) is 29.3 Å². The SMILES string of the molecule is COc1ccc(C#N)cc1CSCCC(C)C. The number of nitrogens with zero attached hydrogens (tertiary/aromatic N) is 1. The van der Waals surface area contributed by atoms with E-state index in [9.17, 15) is 0 Å². The third kappa shape index (κ3) is 4.70. The van der Waals surface area contributed by atoms with E-state index < -0.39 is 0 Å². The average molecular weight is 249 g/mol. The van der Waals surface area contributed by atoms with Crippen molar-refractivity contribution in [3.8, 4) is 11.8 Å². The van der Waals surface area contributed by atoms with E-state index in [4.69, 9.17) is 10.00 Å². The molecule has 0 amide bonds. The summed E-state index contributed by atoms with van der Waals surface area (Å²) < 4.78 is 5.30. The molecule has 3 heteroatoms. The monoisotopic (exact) mass is 249 g/mol. The van der Waals surface area contributed by atoms with Gasteiger partial charge in [-0.05, 0) is 36.3 Å². The number of methoxy groups -OCH3 is 1. The Morgan fingerprint density at radius 2 is 2.18 bits per heavy atom. The minimum Gasteiger partial charge on any atom is -0.496 e. The Balaban J connectivity index is 2.59. The van der Waals surface area contributed by atoms with Gasteiger partial charge in [-0.15, -0.1) is 0 Å². The highest BCUT2D eigenvalue weighted by Gasteiger charge is 2.05. The Kier molecular flexibility index (Phi) is 5.93. The van der Waals surface area contributed by atoms with Crippen molar-refractivity contribution < 1.29 is 4.74 Å². The van der Waals surface area contributed by atoms with Gasteiger partial charge in [-0.2, -0.15) is 17.0 Å². The highest BCUT2D eigenvalue weighted by atomic mass is 32.2. The van der Waals surface area contributed by atoms with Crippen LogP contribution >= 0.6 is 11.8 Å². The van der Waals surface area contributed by atoms with Gasteiger partial charge in [0.25, 0.3) is 0 Å². The van der Waals surface area contributed by atoms with Crippen molar-refractivity contribution >= 4 is 11.8 Å². The number of rotatable bonds is 6. The van der Waals surface area contributed by atoms with Crippen LogP contribution in [0.5, 0.6) is 5.75 Å². The van der Waals surface area contributed by atoms with Gasteiger partial charge in [-0.1, -0.05) is 13.8 Å². The van der Waals surface area contributed by atoms with Crippen molar-refractivity contribution in [2.45, 2.75) is 26.0 Å². The van der Waals surface area contributed by atoms with Crippen molar-refractivity contribution in [1.82, 2.24) is 0 Å². The first-order valence-corrected chi connectivity index (χ1v) is 6.97. The lowest BCUT2D eigenvalue weighted by Gasteiger charge is -2.09. The summed E-state index contributed by atoms with van der Waals surface area (Å²) in [4.78, 5) is 0. The summed E-state index contributed by atoms with van der Waals surface area (Å²) in [6, 6.07) is 7.75. The quantitative estimate of drug-likeness (QED) is 0.718. The summed E-state index contributed by atoms with van der Waals surface area (Å²) in [6.07, 6.45) is 1.23. The smallest absolute Gasteiger partial charge is 0.122 e. The highest BCUT2D eigenvalue weighted by Crippen LogP contribution is 2.25. The van der Waals surface area contributed by atoms with Crippen LogP contribution in [0, 0.1) is 17.2 Å². The van der Waals surface area contributed by atoms with Crippen molar-refractivity contribution in [3.63, 3.8) is 0 Å². The van der Waals surface area contributed by atoms with E-state index in [0.717, 1.165) is 28.7 Å². The lowest BCUT2D eigenvalue weighted by molar-refractivity contribution is 0.411. The molecule has 0 fully saturated rings. The third-order valence-electron chi connectivity index (χ3n) is 2.51. The van der Waals surface area contributed by atoms with Crippen molar-refractivity contribution in [2.24, 2.45) is 5.92 Å². The Bertz CT molecular complexity index is 396. The predicted octanol–water partition coefficient (Wildman–Crippen LogP) is 3.85. The van der Waals surface area contributed by atoms with Gasteiger partial charge < -0.3 is 4.74 Å². The number of ether oxygens (including phenoxy) is 1. The second-order valence-corrected chi connectivity index (χ2v) is 5.48. The molecule has 0 spiro atoms. The van der Waals surface area contributed by atoms with Crippen LogP contribution in [0.2, 0.25) is 0 Å². The number of nitriles is 1. The Labute approximate surface area is 108 Å². The average Bonchev–Trinajstić information content (AvgIpc) is 2.34. The minimum absolute atomic E-state index is 0.699. The number of hydrogen-bond donors (Lipinski definition) is 0. The molecule has 0 aromatic heterocycles. The summed E-state index contributed by atoms with van der Waals surface area (Å²) in [5.74, 6) is 3.68. The molecule has 0 bridgehead atoms. The van der Waals surface area contributed by atoms with Gasteiger partial charge in [0.2, 0.25) is 0 Å².